The van der Waals surface area contributed by atoms with E-state index in [2.05, 4.69) is 18.7 Å². The Morgan fingerprint density at radius 3 is 2.14 bits per heavy atom. The molecule has 0 fully saturated rings. The molecule has 2 nitrogen and oxygen atoms in total. The Bertz CT molecular complexity index is 166. The van der Waals surface area contributed by atoms with E-state index in [0.717, 1.165) is 6.42 Å². The molecule has 2 atom stereocenters. The molecule has 0 heterocycles. The van der Waals surface area contributed by atoms with Crippen molar-refractivity contribution < 1.29 is 4.79 Å². The van der Waals surface area contributed by atoms with E-state index in [1.54, 1.807) is 6.92 Å². The van der Waals surface area contributed by atoms with Crippen LogP contribution in [0.1, 0.15) is 46.5 Å². The third-order valence-electron chi connectivity index (χ3n) is 2.87. The Hall–Kier alpha value is -0.370. The van der Waals surface area contributed by atoms with Crippen LogP contribution < -0.4 is 0 Å². The first-order chi connectivity index (χ1) is 6.54. The molecule has 0 aromatic rings. The molecule has 0 saturated carbocycles. The lowest BCUT2D eigenvalue weighted by molar-refractivity contribution is -0.123. The summed E-state index contributed by atoms with van der Waals surface area (Å²) in [4.78, 5) is 13.6. The molecule has 14 heavy (non-hydrogen) atoms. The van der Waals surface area contributed by atoms with Gasteiger partial charge in [-0.2, -0.15) is 0 Å². The highest BCUT2D eigenvalue weighted by Crippen LogP contribution is 2.20. The maximum atomic E-state index is 11.5. The number of rotatable bonds is 7. The molecular formula is C12H25NO. The van der Waals surface area contributed by atoms with E-state index in [0.29, 0.717) is 11.7 Å². The number of carbonyl (C=O) groups is 1. The van der Waals surface area contributed by atoms with Crippen molar-refractivity contribution in [2.45, 2.75) is 52.5 Å². The average molecular weight is 199 g/mol. The summed E-state index contributed by atoms with van der Waals surface area (Å²) in [6.07, 6.45) is 4.72. The zero-order valence-corrected chi connectivity index (χ0v) is 10.3. The second kappa shape index (κ2) is 6.99. The minimum Gasteiger partial charge on any atom is -0.300 e. The summed E-state index contributed by atoms with van der Waals surface area (Å²) in [6, 6.07) is 0.117. The minimum absolute atomic E-state index is 0.117. The Kier molecular flexibility index (Phi) is 6.81. The number of hydrogen-bond acceptors (Lipinski definition) is 2. The third kappa shape index (κ3) is 4.23. The van der Waals surface area contributed by atoms with E-state index in [4.69, 9.17) is 0 Å². The maximum absolute atomic E-state index is 11.5. The van der Waals surface area contributed by atoms with E-state index >= 15 is 0 Å². The molecule has 0 aliphatic heterocycles. The first kappa shape index (κ1) is 13.6. The van der Waals surface area contributed by atoms with E-state index in [9.17, 15) is 4.79 Å². The minimum atomic E-state index is 0.117. The van der Waals surface area contributed by atoms with Gasteiger partial charge in [0.05, 0.1) is 6.04 Å². The van der Waals surface area contributed by atoms with Gasteiger partial charge in [-0.3, -0.25) is 9.69 Å². The maximum Gasteiger partial charge on any atom is 0.147 e. The highest BCUT2D eigenvalue weighted by atomic mass is 16.1. The monoisotopic (exact) mass is 199 g/mol. The van der Waals surface area contributed by atoms with Crippen LogP contribution in [-0.2, 0) is 4.79 Å². The smallest absolute Gasteiger partial charge is 0.147 e. The Morgan fingerprint density at radius 2 is 1.86 bits per heavy atom. The number of unbranched alkanes of at least 4 members (excludes halogenated alkanes) is 1. The van der Waals surface area contributed by atoms with E-state index in [1.165, 1.54) is 19.3 Å². The second-order valence-corrected chi connectivity index (χ2v) is 4.33. The number of likely N-dealkylation sites (N-methyl/N-ethyl adjacent to an activating group) is 1. The molecule has 0 amide bonds. The zero-order valence-electron chi connectivity index (χ0n) is 10.3. The molecule has 0 bridgehead atoms. The normalized spacial score (nSPS) is 15.6. The number of Topliss-reactive ketones (excluding diaryl/α,β-unsaturated/α-hetero) is 1. The quantitative estimate of drug-likeness (QED) is 0.628. The van der Waals surface area contributed by atoms with Crippen LogP contribution in [0.3, 0.4) is 0 Å². The molecular weight excluding hydrogens is 174 g/mol. The fourth-order valence-electron chi connectivity index (χ4n) is 2.17. The largest absolute Gasteiger partial charge is 0.300 e. The molecule has 0 unspecified atom stereocenters. The summed E-state index contributed by atoms with van der Waals surface area (Å²) in [6.45, 7) is 6.09. The topological polar surface area (TPSA) is 20.3 Å². The molecule has 0 spiro atoms. The summed E-state index contributed by atoms with van der Waals surface area (Å²) >= 11 is 0. The molecule has 2 heteroatoms. The Morgan fingerprint density at radius 1 is 1.29 bits per heavy atom. The van der Waals surface area contributed by atoms with Crippen molar-refractivity contribution in [1.82, 2.24) is 4.90 Å². The van der Waals surface area contributed by atoms with Gasteiger partial charge >= 0.3 is 0 Å². The van der Waals surface area contributed by atoms with Crippen LogP contribution in [0.5, 0.6) is 0 Å². The van der Waals surface area contributed by atoms with Gasteiger partial charge in [-0.15, -0.1) is 0 Å². The highest BCUT2D eigenvalue weighted by Gasteiger charge is 2.25. The predicted octanol–water partition coefficient (Wildman–Crippen LogP) is 2.72. The van der Waals surface area contributed by atoms with Gasteiger partial charge in [0, 0.05) is 0 Å². The fourth-order valence-corrected chi connectivity index (χ4v) is 2.17. The van der Waals surface area contributed by atoms with Crippen LogP contribution in [-0.4, -0.2) is 30.8 Å². The number of hydrogen-bond donors (Lipinski definition) is 0. The van der Waals surface area contributed by atoms with Gasteiger partial charge in [0.1, 0.15) is 5.78 Å². The SMILES string of the molecule is CCCC[C@@H](CC)[C@H](C(C)=O)N(C)C. The molecule has 0 aromatic carbocycles. The van der Waals surface area contributed by atoms with E-state index < -0.39 is 0 Å². The van der Waals surface area contributed by atoms with Crippen molar-refractivity contribution in [3.05, 3.63) is 0 Å². The lowest BCUT2D eigenvalue weighted by Gasteiger charge is -2.29. The molecule has 0 saturated heterocycles. The standard InChI is InChI=1S/C12H25NO/c1-6-8-9-11(7-2)12(10(3)14)13(4)5/h11-12H,6-9H2,1-5H3/t11-,12+/m1/s1. The van der Waals surface area contributed by atoms with Crippen molar-refractivity contribution in [1.29, 1.82) is 0 Å². The first-order valence-electron chi connectivity index (χ1n) is 5.71. The summed E-state index contributed by atoms with van der Waals surface area (Å²) in [5, 5.41) is 0. The van der Waals surface area contributed by atoms with Gasteiger partial charge < -0.3 is 0 Å². The van der Waals surface area contributed by atoms with Crippen LogP contribution in [0, 0.1) is 5.92 Å². The van der Waals surface area contributed by atoms with Crippen molar-refractivity contribution in [2.24, 2.45) is 5.92 Å². The molecule has 84 valence electrons. The second-order valence-electron chi connectivity index (χ2n) is 4.33. The molecule has 0 aromatic heterocycles. The Labute approximate surface area is 88.7 Å². The predicted molar refractivity (Wildman–Crippen MR) is 61.5 cm³/mol. The van der Waals surface area contributed by atoms with E-state index in [1.807, 2.05) is 14.1 Å². The molecule has 0 aliphatic carbocycles. The Balaban J connectivity index is 4.34. The van der Waals surface area contributed by atoms with Gasteiger partial charge in [-0.1, -0.05) is 33.1 Å². The van der Waals surface area contributed by atoms with Gasteiger partial charge in [0.2, 0.25) is 0 Å². The number of carbonyl (C=O) groups excluding carboxylic acids is 1. The van der Waals surface area contributed by atoms with Gasteiger partial charge in [-0.05, 0) is 33.4 Å². The molecule has 0 aliphatic rings. The number of ketones is 1. The first-order valence-corrected chi connectivity index (χ1v) is 5.71. The van der Waals surface area contributed by atoms with Crippen LogP contribution in [0.4, 0.5) is 0 Å². The summed E-state index contributed by atoms with van der Waals surface area (Å²) in [7, 11) is 4.00. The third-order valence-corrected chi connectivity index (χ3v) is 2.87. The van der Waals surface area contributed by atoms with Gasteiger partial charge in [-0.25, -0.2) is 0 Å². The van der Waals surface area contributed by atoms with Crippen LogP contribution in [0.25, 0.3) is 0 Å². The van der Waals surface area contributed by atoms with Crippen LogP contribution >= 0.6 is 0 Å². The summed E-state index contributed by atoms with van der Waals surface area (Å²) in [5.41, 5.74) is 0. The van der Waals surface area contributed by atoms with Crippen molar-refractivity contribution in [3.8, 4) is 0 Å². The summed E-state index contributed by atoms with van der Waals surface area (Å²) < 4.78 is 0. The summed E-state index contributed by atoms with van der Waals surface area (Å²) in [5.74, 6) is 0.834. The van der Waals surface area contributed by atoms with Crippen LogP contribution in [0.2, 0.25) is 0 Å². The van der Waals surface area contributed by atoms with Gasteiger partial charge in [0.15, 0.2) is 0 Å². The van der Waals surface area contributed by atoms with Crippen LogP contribution in [0.15, 0.2) is 0 Å². The van der Waals surface area contributed by atoms with Crippen molar-refractivity contribution >= 4 is 5.78 Å². The number of nitrogens with zero attached hydrogens (tertiary/aromatic N) is 1. The van der Waals surface area contributed by atoms with E-state index in [-0.39, 0.29) is 6.04 Å². The van der Waals surface area contributed by atoms with Gasteiger partial charge in [0.25, 0.3) is 0 Å². The lowest BCUT2D eigenvalue weighted by Crippen LogP contribution is -2.40. The van der Waals surface area contributed by atoms with Crippen molar-refractivity contribution in [2.75, 3.05) is 14.1 Å². The molecule has 0 radical (unpaired) electrons. The lowest BCUT2D eigenvalue weighted by atomic mass is 9.88. The average Bonchev–Trinajstić information content (AvgIpc) is 2.10. The molecule has 0 rings (SSSR count). The van der Waals surface area contributed by atoms with Crippen molar-refractivity contribution in [3.63, 3.8) is 0 Å². The highest BCUT2D eigenvalue weighted by molar-refractivity contribution is 5.81. The zero-order chi connectivity index (χ0) is 11.1. The fraction of sp³-hybridized carbons (Fsp3) is 0.917. The molecule has 0 N–H and O–H groups in total.